The number of amides is 1. The number of nitro benzene ring substituents is 1. The van der Waals surface area contributed by atoms with Gasteiger partial charge < -0.3 is 50.0 Å². The maximum absolute atomic E-state index is 14.4. The number of anilines is 4. The predicted octanol–water partition coefficient (Wildman–Crippen LogP) is 5.16. The monoisotopic (exact) mass is 986 g/mol. The van der Waals surface area contributed by atoms with Crippen LogP contribution in [0.3, 0.4) is 0 Å². The van der Waals surface area contributed by atoms with Crippen LogP contribution in [-0.4, -0.2) is 138 Å². The Morgan fingerprint density at radius 1 is 0.957 bits per heavy atom. The summed E-state index contributed by atoms with van der Waals surface area (Å²) in [5.41, 5.74) is 5.85. The number of H-pyrrole nitrogens is 1. The van der Waals surface area contributed by atoms with Crippen molar-refractivity contribution in [2.75, 3.05) is 67.5 Å². The standard InChI is InChI=1S/C48H55ClN8O11S/c1-48(2)14-12-30(35(25-48)28-4-6-31(49)7-5-28)27-54-17-19-55(20-18-54)32-8-10-34(37(23-32)56-16-3-21-67-46-39(56)22-29-13-15-50-44(29)52-46)45(61)53-69(65,66)33-9-11-36(38(24-33)57(63)64)51-26-40-41(58)42(59)43(60)47(62)68-40/h4-11,13,15,22-24,40-43,47,51,58-60,62H,3,12,14,16-21,25-27H2,1-2H3,(H,50,52)(H,53,61). The van der Waals surface area contributed by atoms with Crippen molar-refractivity contribution >= 4 is 72.6 Å². The number of hydrogen-bond donors (Lipinski definition) is 7. The van der Waals surface area contributed by atoms with Crippen LogP contribution in [0.15, 0.2) is 89.5 Å². The lowest BCUT2D eigenvalue weighted by atomic mass is 9.72. The van der Waals surface area contributed by atoms with Crippen molar-refractivity contribution in [3.05, 3.63) is 111 Å². The number of pyridine rings is 1. The number of hydrogen-bond acceptors (Lipinski definition) is 16. The van der Waals surface area contributed by atoms with E-state index in [9.17, 15) is 43.8 Å². The van der Waals surface area contributed by atoms with E-state index < -0.39 is 62.1 Å². The van der Waals surface area contributed by atoms with Crippen molar-refractivity contribution in [1.82, 2.24) is 19.6 Å². The number of aromatic amines is 1. The molecule has 3 aliphatic heterocycles. The van der Waals surface area contributed by atoms with E-state index in [4.69, 9.17) is 26.1 Å². The minimum absolute atomic E-state index is 0.0261. The van der Waals surface area contributed by atoms with Gasteiger partial charge in [-0.25, -0.2) is 13.1 Å². The van der Waals surface area contributed by atoms with Gasteiger partial charge in [-0.3, -0.25) is 19.8 Å². The van der Waals surface area contributed by atoms with E-state index in [0.29, 0.717) is 60.6 Å². The molecule has 4 aliphatic rings. The fraction of sp³-hybridized carbons (Fsp3) is 0.417. The molecule has 1 amide bonds. The number of allylic oxidation sites excluding steroid dienone is 1. The number of benzene rings is 3. The second-order valence-electron chi connectivity index (χ2n) is 18.8. The summed E-state index contributed by atoms with van der Waals surface area (Å²) in [5.74, 6) is -0.633. The van der Waals surface area contributed by atoms with Crippen molar-refractivity contribution in [3.8, 4) is 5.88 Å². The van der Waals surface area contributed by atoms with Gasteiger partial charge >= 0.3 is 0 Å². The Kier molecular flexibility index (Phi) is 13.6. The normalized spacial score (nSPS) is 23.3. The number of nitro groups is 1. The summed E-state index contributed by atoms with van der Waals surface area (Å²) >= 11 is 6.26. The van der Waals surface area contributed by atoms with Crippen molar-refractivity contribution in [2.45, 2.75) is 75.1 Å². The average Bonchev–Trinajstić information content (AvgIpc) is 3.69. The summed E-state index contributed by atoms with van der Waals surface area (Å²) in [6.45, 7) is 8.85. The number of ether oxygens (including phenoxy) is 2. The Balaban J connectivity index is 0.977. The molecule has 366 valence electrons. The molecule has 9 rings (SSSR count). The molecule has 1 aliphatic carbocycles. The van der Waals surface area contributed by atoms with Crippen molar-refractivity contribution < 1.29 is 48.0 Å². The number of sulfonamides is 1. The molecular weight excluding hydrogens is 932 g/mol. The third-order valence-electron chi connectivity index (χ3n) is 13.5. The highest BCUT2D eigenvalue weighted by Crippen LogP contribution is 2.44. The highest BCUT2D eigenvalue weighted by Gasteiger charge is 2.43. The largest absolute Gasteiger partial charge is 0.476 e. The molecule has 69 heavy (non-hydrogen) atoms. The Hall–Kier alpha value is -5.84. The number of aliphatic hydroxyl groups is 4. The molecule has 5 aromatic rings. The van der Waals surface area contributed by atoms with Crippen molar-refractivity contribution in [2.24, 2.45) is 5.41 Å². The molecule has 2 aromatic heterocycles. The summed E-state index contributed by atoms with van der Waals surface area (Å²) in [5, 5.41) is 56.6. The van der Waals surface area contributed by atoms with Crippen LogP contribution in [0, 0.1) is 15.5 Å². The van der Waals surface area contributed by atoms with Crippen LogP contribution in [-0.2, 0) is 14.8 Å². The average molecular weight is 988 g/mol. The van der Waals surface area contributed by atoms with Gasteiger partial charge in [-0.05, 0) is 96.8 Å². The number of halogens is 1. The molecule has 7 N–H and O–H groups in total. The maximum atomic E-state index is 14.4. The van der Waals surface area contributed by atoms with Crippen LogP contribution in [0.25, 0.3) is 16.6 Å². The second kappa shape index (κ2) is 19.5. The summed E-state index contributed by atoms with van der Waals surface area (Å²) < 4.78 is 41.3. The first-order chi connectivity index (χ1) is 32.9. The van der Waals surface area contributed by atoms with E-state index in [2.05, 4.69) is 50.8 Å². The highest BCUT2D eigenvalue weighted by molar-refractivity contribution is 7.90. The number of carbonyl (C=O) groups excluding carboxylic acids is 1. The number of nitrogens with one attached hydrogen (secondary N) is 3. The van der Waals surface area contributed by atoms with Crippen LogP contribution < -0.4 is 24.6 Å². The van der Waals surface area contributed by atoms with Gasteiger partial charge in [0.05, 0.1) is 27.7 Å². The lowest BCUT2D eigenvalue weighted by Gasteiger charge is -2.39. The number of nitrogens with zero attached hydrogens (tertiary/aromatic N) is 5. The first kappa shape index (κ1) is 48.2. The number of fused-ring (bicyclic) bond motifs is 2. The van der Waals surface area contributed by atoms with Crippen LogP contribution in [0.2, 0.25) is 5.02 Å². The lowest BCUT2D eigenvalue weighted by molar-refractivity contribution is -0.384. The molecule has 5 unspecified atom stereocenters. The molecule has 0 spiro atoms. The number of rotatable bonds is 12. The number of aliphatic hydroxyl groups excluding tert-OH is 4. The summed E-state index contributed by atoms with van der Waals surface area (Å²) in [6.07, 6.45) is -2.89. The number of carbonyl (C=O) groups is 1. The van der Waals surface area contributed by atoms with Gasteiger partial charge in [-0.15, -0.1) is 0 Å². The Labute approximate surface area is 403 Å². The molecule has 19 nitrogen and oxygen atoms in total. The van der Waals surface area contributed by atoms with Gasteiger partial charge in [0.2, 0.25) is 5.88 Å². The maximum Gasteiger partial charge on any atom is 0.293 e. The summed E-state index contributed by atoms with van der Waals surface area (Å²) in [4.78, 5) is 39.7. The van der Waals surface area contributed by atoms with E-state index in [0.717, 1.165) is 68.2 Å². The van der Waals surface area contributed by atoms with E-state index in [-0.39, 0.29) is 23.2 Å². The number of aromatic nitrogens is 2. The predicted molar refractivity (Wildman–Crippen MR) is 259 cm³/mol. The third kappa shape index (κ3) is 10.2. The third-order valence-corrected chi connectivity index (χ3v) is 15.0. The molecule has 0 saturated carbocycles. The zero-order valence-corrected chi connectivity index (χ0v) is 39.6. The van der Waals surface area contributed by atoms with Gasteiger partial charge in [-0.1, -0.05) is 43.2 Å². The fourth-order valence-electron chi connectivity index (χ4n) is 9.57. The van der Waals surface area contributed by atoms with Crippen LogP contribution in [0.5, 0.6) is 5.88 Å². The Bertz CT molecular complexity index is 2890. The zero-order chi connectivity index (χ0) is 48.8. The molecule has 2 fully saturated rings. The molecule has 0 bridgehead atoms. The van der Waals surface area contributed by atoms with Gasteiger partial charge in [0.15, 0.2) is 6.29 Å². The van der Waals surface area contributed by atoms with Crippen molar-refractivity contribution in [1.29, 1.82) is 0 Å². The topological polar surface area (TPSA) is 256 Å². The van der Waals surface area contributed by atoms with Crippen LogP contribution in [0.4, 0.5) is 28.4 Å². The van der Waals surface area contributed by atoms with E-state index >= 15 is 0 Å². The summed E-state index contributed by atoms with van der Waals surface area (Å²) in [6, 6.07) is 20.1. The molecule has 5 atom stereocenters. The van der Waals surface area contributed by atoms with Crippen LogP contribution >= 0.6 is 11.6 Å². The van der Waals surface area contributed by atoms with E-state index in [1.165, 1.54) is 16.7 Å². The highest BCUT2D eigenvalue weighted by atomic mass is 35.5. The molecule has 0 radical (unpaired) electrons. The Morgan fingerprint density at radius 2 is 1.72 bits per heavy atom. The van der Waals surface area contributed by atoms with Gasteiger partial charge in [0.25, 0.3) is 21.6 Å². The number of piperazine rings is 1. The minimum atomic E-state index is -4.74. The van der Waals surface area contributed by atoms with Crippen LogP contribution in [0.1, 0.15) is 55.5 Å². The van der Waals surface area contributed by atoms with Gasteiger partial charge in [-0.2, -0.15) is 4.98 Å². The molecule has 2 saturated heterocycles. The fourth-order valence-corrected chi connectivity index (χ4v) is 10.7. The first-order valence-electron chi connectivity index (χ1n) is 22.9. The quantitative estimate of drug-likeness (QED) is 0.0629. The lowest BCUT2D eigenvalue weighted by Crippen LogP contribution is -2.59. The van der Waals surface area contributed by atoms with Crippen molar-refractivity contribution in [3.63, 3.8) is 0 Å². The first-order valence-corrected chi connectivity index (χ1v) is 24.7. The SMILES string of the molecule is CC1(C)CCC(CN2CCN(c3ccc(C(=O)NS(=O)(=O)c4ccc(NCC5OC(O)C(O)C(O)C5O)c([N+](=O)[O-])c4)c(N4CCCOc5nc6[nH]ccc6cc54)c3)CC2)=C(c2ccc(Cl)cc2)C1. The van der Waals surface area contributed by atoms with Gasteiger partial charge in [0.1, 0.15) is 41.4 Å². The second-order valence-corrected chi connectivity index (χ2v) is 20.9. The zero-order valence-electron chi connectivity index (χ0n) is 38.0. The molecule has 3 aromatic carbocycles. The molecular formula is C48H55ClN8O11S. The van der Waals surface area contributed by atoms with E-state index in [1.54, 1.807) is 18.3 Å². The minimum Gasteiger partial charge on any atom is -0.476 e. The summed E-state index contributed by atoms with van der Waals surface area (Å²) in [7, 11) is -4.74. The Morgan fingerprint density at radius 3 is 2.48 bits per heavy atom. The van der Waals surface area contributed by atoms with Gasteiger partial charge in [0, 0.05) is 74.2 Å². The van der Waals surface area contributed by atoms with E-state index in [1.807, 2.05) is 35.2 Å². The molecule has 21 heteroatoms. The smallest absolute Gasteiger partial charge is 0.293 e. The molecule has 5 heterocycles.